The summed E-state index contributed by atoms with van der Waals surface area (Å²) in [6.45, 7) is 1.53. The molecule has 10 nitrogen and oxygen atoms in total. The second-order valence-corrected chi connectivity index (χ2v) is 15.7. The van der Waals surface area contributed by atoms with Crippen LogP contribution in [0.15, 0.2) is 120 Å². The lowest BCUT2D eigenvalue weighted by atomic mass is 10.0. The van der Waals surface area contributed by atoms with Crippen LogP contribution in [0.4, 0.5) is 0 Å². The zero-order valence-corrected chi connectivity index (χ0v) is 33.5. The van der Waals surface area contributed by atoms with Crippen LogP contribution in [0.1, 0.15) is 71.8 Å². The first-order valence-electron chi connectivity index (χ1n) is 19.4. The molecule has 0 radical (unpaired) electrons. The summed E-state index contributed by atoms with van der Waals surface area (Å²) in [5.74, 6) is 1.39. The lowest BCUT2D eigenvalue weighted by Gasteiger charge is -2.34. The number of hydrogen-bond acceptors (Lipinski definition) is 10. The van der Waals surface area contributed by atoms with Gasteiger partial charge in [-0.1, -0.05) is 60.7 Å². The van der Waals surface area contributed by atoms with Crippen LogP contribution in [0.25, 0.3) is 22.5 Å². The van der Waals surface area contributed by atoms with Gasteiger partial charge < -0.3 is 19.3 Å². The van der Waals surface area contributed by atoms with Gasteiger partial charge in [0.1, 0.15) is 21.5 Å². The predicted octanol–water partition coefficient (Wildman–Crippen LogP) is 9.63. The number of nitrogens with zero attached hydrogens (tertiary/aromatic N) is 6. The zero-order chi connectivity index (χ0) is 40.1. The van der Waals surface area contributed by atoms with E-state index in [2.05, 4.69) is 12.1 Å². The molecule has 12 heteroatoms. The van der Waals surface area contributed by atoms with Crippen LogP contribution in [0.5, 0.6) is 11.5 Å². The Morgan fingerprint density at radius 3 is 1.36 bits per heavy atom. The lowest BCUT2D eigenvalue weighted by Crippen LogP contribution is -2.41. The number of hydrogen-bond donors (Lipinski definition) is 0. The van der Waals surface area contributed by atoms with Gasteiger partial charge in [-0.3, -0.25) is 9.59 Å². The molecule has 8 rings (SSSR count). The Hall–Kier alpha value is -6.34. The van der Waals surface area contributed by atoms with E-state index in [4.69, 9.17) is 30.0 Å². The predicted molar refractivity (Wildman–Crippen MR) is 225 cm³/mol. The van der Waals surface area contributed by atoms with Crippen LogP contribution in [0.2, 0.25) is 0 Å². The first-order valence-corrected chi connectivity index (χ1v) is 21.1. The Labute approximate surface area is 346 Å². The zero-order valence-electron chi connectivity index (χ0n) is 31.9. The molecule has 2 amide bonds. The van der Waals surface area contributed by atoms with E-state index in [1.807, 2.05) is 105 Å². The van der Waals surface area contributed by atoms with Crippen molar-refractivity contribution in [2.75, 3.05) is 26.3 Å². The van der Waals surface area contributed by atoms with Crippen molar-refractivity contribution in [1.82, 2.24) is 19.8 Å². The minimum atomic E-state index is -0.00671. The third-order valence-corrected chi connectivity index (χ3v) is 12.0. The number of nitriles is 2. The molecule has 2 aliphatic rings. The molecule has 0 N–H and O–H groups in total. The van der Waals surface area contributed by atoms with Crippen LogP contribution in [0, 0.1) is 22.7 Å². The van der Waals surface area contributed by atoms with Crippen molar-refractivity contribution in [3.8, 4) is 46.2 Å². The Balaban J connectivity index is 0.000000177. The van der Waals surface area contributed by atoms with E-state index in [1.54, 1.807) is 46.9 Å². The molecule has 2 aromatic heterocycles. The van der Waals surface area contributed by atoms with Crippen LogP contribution in [-0.2, 0) is 9.59 Å². The first-order chi connectivity index (χ1) is 28.5. The molecule has 292 valence electrons. The molecule has 0 spiro atoms. The number of likely N-dealkylation sites (tertiary alicyclic amines) is 2. The van der Waals surface area contributed by atoms with Gasteiger partial charge >= 0.3 is 0 Å². The van der Waals surface area contributed by atoms with Crippen molar-refractivity contribution in [3.05, 3.63) is 141 Å². The molecule has 0 aliphatic carbocycles. The van der Waals surface area contributed by atoms with Crippen molar-refractivity contribution >= 4 is 34.5 Å². The SMILES string of the molecule is N#Cc1ccc(-c2csc([C@H]3CCCCN3C(=O)COc3ccccc3)n2)cc1.N#Cc1ccc(-c2csc([C@H]3CCCCN3C(=O)COc3ccccc3)n2)cc1. The summed E-state index contributed by atoms with van der Waals surface area (Å²) in [6.07, 6.45) is 6.00. The number of piperidine rings is 2. The molecule has 58 heavy (non-hydrogen) atoms. The Morgan fingerprint density at radius 1 is 0.586 bits per heavy atom. The maximum Gasteiger partial charge on any atom is 0.261 e. The summed E-state index contributed by atoms with van der Waals surface area (Å²) >= 11 is 3.17. The average molecular weight is 807 g/mol. The molecule has 0 unspecified atom stereocenters. The number of amides is 2. The Kier molecular flexibility index (Phi) is 13.5. The molecule has 0 bridgehead atoms. The smallest absolute Gasteiger partial charge is 0.261 e. The van der Waals surface area contributed by atoms with E-state index < -0.39 is 0 Å². The number of ether oxygens (including phenoxy) is 2. The topological polar surface area (TPSA) is 132 Å². The van der Waals surface area contributed by atoms with E-state index in [0.717, 1.165) is 84.1 Å². The van der Waals surface area contributed by atoms with Crippen molar-refractivity contribution < 1.29 is 19.1 Å². The highest BCUT2D eigenvalue weighted by atomic mass is 32.1. The van der Waals surface area contributed by atoms with Crippen molar-refractivity contribution in [1.29, 1.82) is 10.5 Å². The van der Waals surface area contributed by atoms with Gasteiger partial charge in [0.05, 0.1) is 46.7 Å². The summed E-state index contributed by atoms with van der Waals surface area (Å²) in [5.41, 5.74) is 4.99. The molecular weight excluding hydrogens is 765 g/mol. The third-order valence-electron chi connectivity index (χ3n) is 10.1. The Morgan fingerprint density at radius 2 is 0.983 bits per heavy atom. The Bertz CT molecular complexity index is 2180. The molecule has 4 heterocycles. The van der Waals surface area contributed by atoms with Gasteiger partial charge in [-0.15, -0.1) is 22.7 Å². The number of aromatic nitrogens is 2. The largest absolute Gasteiger partial charge is 0.484 e. The monoisotopic (exact) mass is 806 g/mol. The van der Waals surface area contributed by atoms with E-state index in [9.17, 15) is 9.59 Å². The quantitative estimate of drug-likeness (QED) is 0.134. The van der Waals surface area contributed by atoms with Gasteiger partial charge in [0, 0.05) is 35.0 Å². The summed E-state index contributed by atoms with van der Waals surface area (Å²) in [5, 5.41) is 23.9. The number of carbonyl (C=O) groups is 2. The van der Waals surface area contributed by atoms with Crippen molar-refractivity contribution in [2.45, 2.75) is 50.6 Å². The summed E-state index contributed by atoms with van der Waals surface area (Å²) < 4.78 is 11.3. The third kappa shape index (κ3) is 10.1. The van der Waals surface area contributed by atoms with Gasteiger partial charge in [-0.2, -0.15) is 10.5 Å². The van der Waals surface area contributed by atoms with Gasteiger partial charge in [0.15, 0.2) is 13.2 Å². The number of rotatable bonds is 10. The number of para-hydroxylation sites is 2. The highest BCUT2D eigenvalue weighted by molar-refractivity contribution is 7.10. The van der Waals surface area contributed by atoms with Crippen molar-refractivity contribution in [2.24, 2.45) is 0 Å². The van der Waals surface area contributed by atoms with Crippen LogP contribution in [0.3, 0.4) is 0 Å². The summed E-state index contributed by atoms with van der Waals surface area (Å²) in [6, 6.07) is 37.9. The van der Waals surface area contributed by atoms with Crippen molar-refractivity contribution in [3.63, 3.8) is 0 Å². The highest BCUT2D eigenvalue weighted by Crippen LogP contribution is 2.36. The number of benzene rings is 4. The summed E-state index contributed by atoms with van der Waals surface area (Å²) in [4.78, 5) is 39.1. The normalized spacial score (nSPS) is 16.2. The van der Waals surface area contributed by atoms with Gasteiger partial charge in [0.2, 0.25) is 0 Å². The minimum absolute atomic E-state index is 0.00586. The standard InChI is InChI=1S/2C23H21N3O2S/c2*24-14-17-9-11-18(12-10-17)20-16-29-23(25-20)21-8-4-5-13-26(21)22(27)15-28-19-6-2-1-3-7-19/h2*1-3,6-7,9-12,16,21H,4-5,8,13,15H2/t2*21-/m11/s1. The van der Waals surface area contributed by atoms with E-state index in [0.29, 0.717) is 22.6 Å². The maximum absolute atomic E-state index is 12.8. The molecular formula is C46H42N6O4S2. The first kappa shape index (κ1) is 39.9. The van der Waals surface area contributed by atoms with Gasteiger partial charge in [-0.05, 0) is 87.1 Å². The average Bonchev–Trinajstić information content (AvgIpc) is 4.00. The second-order valence-electron chi connectivity index (χ2n) is 13.9. The molecule has 0 saturated carbocycles. The molecule has 2 aliphatic heterocycles. The molecule has 4 aromatic carbocycles. The second kappa shape index (κ2) is 19.7. The van der Waals surface area contributed by atoms with Crippen LogP contribution in [-0.4, -0.2) is 57.9 Å². The lowest BCUT2D eigenvalue weighted by molar-refractivity contribution is -0.138. The molecule has 2 saturated heterocycles. The van der Waals surface area contributed by atoms with E-state index in [-0.39, 0.29) is 37.1 Å². The van der Waals surface area contributed by atoms with Crippen LogP contribution >= 0.6 is 22.7 Å². The van der Waals surface area contributed by atoms with Gasteiger partial charge in [0.25, 0.3) is 11.8 Å². The molecule has 2 atom stereocenters. The number of carbonyl (C=O) groups excluding carboxylic acids is 2. The fourth-order valence-electron chi connectivity index (χ4n) is 7.04. The maximum atomic E-state index is 12.8. The van der Waals surface area contributed by atoms with E-state index in [1.165, 1.54) is 0 Å². The fourth-order valence-corrected chi connectivity index (χ4v) is 8.99. The molecule has 2 fully saturated rings. The minimum Gasteiger partial charge on any atom is -0.484 e. The van der Waals surface area contributed by atoms with Crippen LogP contribution < -0.4 is 9.47 Å². The van der Waals surface area contributed by atoms with Gasteiger partial charge in [-0.25, -0.2) is 9.97 Å². The molecule has 6 aromatic rings. The summed E-state index contributed by atoms with van der Waals surface area (Å²) in [7, 11) is 0. The van der Waals surface area contributed by atoms with E-state index >= 15 is 0 Å². The number of thiazole rings is 2. The highest BCUT2D eigenvalue weighted by Gasteiger charge is 2.32. The fraction of sp³-hybridized carbons (Fsp3) is 0.261.